The molecule has 4 rings (SSSR count). The van der Waals surface area contributed by atoms with Crippen molar-refractivity contribution in [2.24, 2.45) is 0 Å². The maximum atomic E-state index is 12.9. The van der Waals surface area contributed by atoms with Crippen LogP contribution in [0.2, 0.25) is 0 Å². The van der Waals surface area contributed by atoms with E-state index in [4.69, 9.17) is 9.47 Å². The Labute approximate surface area is 190 Å². The van der Waals surface area contributed by atoms with Crippen molar-refractivity contribution in [1.29, 1.82) is 0 Å². The quantitative estimate of drug-likeness (QED) is 0.726. The van der Waals surface area contributed by atoms with Crippen LogP contribution in [0.1, 0.15) is 43.0 Å². The Morgan fingerprint density at radius 2 is 1.69 bits per heavy atom. The molecule has 3 aliphatic rings. The third-order valence-electron chi connectivity index (χ3n) is 6.73. The van der Waals surface area contributed by atoms with E-state index in [-0.39, 0.29) is 12.0 Å². The minimum atomic E-state index is -0.296. The highest BCUT2D eigenvalue weighted by Crippen LogP contribution is 2.22. The van der Waals surface area contributed by atoms with Crippen LogP contribution in [0.15, 0.2) is 24.3 Å². The molecule has 0 unspecified atom stereocenters. The second-order valence-corrected chi connectivity index (χ2v) is 8.83. The lowest BCUT2D eigenvalue weighted by Crippen LogP contribution is -2.50. The zero-order valence-electron chi connectivity index (χ0n) is 19.1. The zero-order valence-corrected chi connectivity index (χ0v) is 19.1. The largest absolute Gasteiger partial charge is 0.450 e. The highest BCUT2D eigenvalue weighted by atomic mass is 16.6. The van der Waals surface area contributed by atoms with E-state index in [0.29, 0.717) is 50.5 Å². The van der Waals surface area contributed by atoms with Crippen LogP contribution in [0.25, 0.3) is 0 Å². The lowest BCUT2D eigenvalue weighted by molar-refractivity contribution is 0.0570. The molecule has 0 spiro atoms. The maximum absolute atomic E-state index is 12.9. The predicted molar refractivity (Wildman–Crippen MR) is 123 cm³/mol. The van der Waals surface area contributed by atoms with Crippen LogP contribution in [0, 0.1) is 0 Å². The first-order chi connectivity index (χ1) is 15.6. The average Bonchev–Trinajstić information content (AvgIpc) is 3.37. The summed E-state index contributed by atoms with van der Waals surface area (Å²) in [7, 11) is 0. The van der Waals surface area contributed by atoms with Crippen LogP contribution >= 0.6 is 0 Å². The number of hydrogen-bond donors (Lipinski definition) is 1. The number of carbonyl (C=O) groups excluding carboxylic acids is 2. The topological polar surface area (TPSA) is 74.4 Å². The van der Waals surface area contributed by atoms with Crippen molar-refractivity contribution >= 4 is 17.7 Å². The molecule has 1 atom stereocenters. The maximum Gasteiger partial charge on any atom is 0.409 e. The van der Waals surface area contributed by atoms with E-state index >= 15 is 0 Å². The number of amides is 2. The molecule has 0 saturated carbocycles. The van der Waals surface area contributed by atoms with E-state index in [9.17, 15) is 9.59 Å². The lowest BCUT2D eigenvalue weighted by Gasteiger charge is -2.35. The van der Waals surface area contributed by atoms with Gasteiger partial charge in [0.1, 0.15) is 0 Å². The van der Waals surface area contributed by atoms with Gasteiger partial charge in [0, 0.05) is 69.7 Å². The number of benzene rings is 1. The Morgan fingerprint density at radius 1 is 1.00 bits per heavy atom. The third kappa shape index (κ3) is 5.72. The molecule has 0 radical (unpaired) electrons. The minimum Gasteiger partial charge on any atom is -0.450 e. The molecule has 0 aliphatic carbocycles. The second-order valence-electron chi connectivity index (χ2n) is 8.83. The zero-order chi connectivity index (χ0) is 22.3. The predicted octanol–water partition coefficient (Wildman–Crippen LogP) is 2.34. The van der Waals surface area contributed by atoms with Crippen molar-refractivity contribution < 1.29 is 19.1 Å². The summed E-state index contributed by atoms with van der Waals surface area (Å²) in [4.78, 5) is 30.6. The van der Waals surface area contributed by atoms with Gasteiger partial charge < -0.3 is 29.5 Å². The van der Waals surface area contributed by atoms with E-state index in [2.05, 4.69) is 22.3 Å². The number of piperidine rings is 1. The molecule has 0 aromatic heterocycles. The molecule has 176 valence electrons. The van der Waals surface area contributed by atoms with Crippen LogP contribution in [-0.2, 0) is 9.47 Å². The summed E-state index contributed by atoms with van der Waals surface area (Å²) in [5, 5.41) is 3.68. The molecule has 1 N–H and O–H groups in total. The Hall–Kier alpha value is -2.32. The fraction of sp³-hybridized carbons (Fsp3) is 0.667. The van der Waals surface area contributed by atoms with Crippen LogP contribution in [-0.4, -0.2) is 93.0 Å². The summed E-state index contributed by atoms with van der Waals surface area (Å²) >= 11 is 0. The van der Waals surface area contributed by atoms with Gasteiger partial charge in [0.25, 0.3) is 5.91 Å². The van der Waals surface area contributed by atoms with Crippen LogP contribution in [0.5, 0.6) is 0 Å². The number of nitrogens with one attached hydrogen (secondary N) is 1. The monoisotopic (exact) mass is 444 g/mol. The van der Waals surface area contributed by atoms with Gasteiger partial charge in [-0.25, -0.2) is 4.79 Å². The third-order valence-corrected chi connectivity index (χ3v) is 6.73. The number of anilines is 1. The molecule has 3 saturated heterocycles. The Morgan fingerprint density at radius 3 is 2.31 bits per heavy atom. The van der Waals surface area contributed by atoms with Gasteiger partial charge in [0.2, 0.25) is 0 Å². The fourth-order valence-electron chi connectivity index (χ4n) is 4.75. The van der Waals surface area contributed by atoms with Crippen molar-refractivity contribution in [3.8, 4) is 0 Å². The summed E-state index contributed by atoms with van der Waals surface area (Å²) in [5.41, 5.74) is 1.87. The summed E-state index contributed by atoms with van der Waals surface area (Å²) in [6.07, 6.45) is 4.71. The molecule has 3 aliphatic heterocycles. The van der Waals surface area contributed by atoms with Gasteiger partial charge in [-0.05, 0) is 56.9 Å². The van der Waals surface area contributed by atoms with Gasteiger partial charge in [-0.15, -0.1) is 0 Å². The number of piperazine rings is 1. The molecule has 1 aromatic rings. The van der Waals surface area contributed by atoms with Crippen LogP contribution < -0.4 is 10.2 Å². The Bertz CT molecular complexity index is 750. The van der Waals surface area contributed by atoms with Crippen LogP contribution in [0.3, 0.4) is 0 Å². The van der Waals surface area contributed by atoms with Gasteiger partial charge in [0.15, 0.2) is 0 Å². The molecule has 3 heterocycles. The first-order valence-corrected chi connectivity index (χ1v) is 12.0. The van der Waals surface area contributed by atoms with Crippen molar-refractivity contribution in [3.63, 3.8) is 0 Å². The fourth-order valence-corrected chi connectivity index (χ4v) is 4.75. The van der Waals surface area contributed by atoms with Gasteiger partial charge in [0.05, 0.1) is 12.7 Å². The van der Waals surface area contributed by atoms with E-state index in [0.717, 1.165) is 39.1 Å². The summed E-state index contributed by atoms with van der Waals surface area (Å²) in [6.45, 7) is 8.18. The van der Waals surface area contributed by atoms with Crippen molar-refractivity contribution in [3.05, 3.63) is 29.8 Å². The molecule has 8 heteroatoms. The normalized spacial score (nSPS) is 22.3. The molecule has 3 fully saturated rings. The SMILES string of the molecule is CCOC(=O)N1CCN(C(=O)c2ccc(N3CCC(NC[C@@H]4CCCO4)CC3)cc2)CC1. The average molecular weight is 445 g/mol. The number of ether oxygens (including phenoxy) is 2. The number of nitrogens with zero attached hydrogens (tertiary/aromatic N) is 3. The molecule has 2 amide bonds. The van der Waals surface area contributed by atoms with Crippen molar-refractivity contribution in [1.82, 2.24) is 15.1 Å². The van der Waals surface area contributed by atoms with Crippen molar-refractivity contribution in [2.75, 3.05) is 63.9 Å². The lowest BCUT2D eigenvalue weighted by atomic mass is 10.0. The molecule has 0 bridgehead atoms. The van der Waals surface area contributed by atoms with E-state index < -0.39 is 0 Å². The Kier molecular flexibility index (Phi) is 7.86. The summed E-state index contributed by atoms with van der Waals surface area (Å²) in [6, 6.07) is 8.53. The molecule has 32 heavy (non-hydrogen) atoms. The molecule has 1 aromatic carbocycles. The van der Waals surface area contributed by atoms with Gasteiger partial charge in [-0.1, -0.05) is 0 Å². The van der Waals surface area contributed by atoms with E-state index in [1.54, 1.807) is 11.8 Å². The first kappa shape index (κ1) is 22.9. The highest BCUT2D eigenvalue weighted by molar-refractivity contribution is 5.94. The minimum absolute atomic E-state index is 0.0251. The summed E-state index contributed by atoms with van der Waals surface area (Å²) < 4.78 is 10.8. The van der Waals surface area contributed by atoms with Crippen molar-refractivity contribution in [2.45, 2.75) is 44.8 Å². The number of rotatable bonds is 6. The second kappa shape index (κ2) is 11.0. The number of hydrogen-bond acceptors (Lipinski definition) is 6. The standard InChI is InChI=1S/C24H36N4O4/c1-2-31-24(30)28-15-13-27(14-16-28)23(29)19-5-7-21(8-6-19)26-11-9-20(10-12-26)25-18-22-4-3-17-32-22/h5-8,20,22,25H,2-4,9-18H2,1H3/t22-/m0/s1. The Balaban J connectivity index is 1.22. The first-order valence-electron chi connectivity index (χ1n) is 12.0. The van der Waals surface area contributed by atoms with Crippen LogP contribution in [0.4, 0.5) is 10.5 Å². The van der Waals surface area contributed by atoms with Gasteiger partial charge >= 0.3 is 6.09 Å². The number of carbonyl (C=O) groups is 2. The van der Waals surface area contributed by atoms with Gasteiger partial charge in [-0.2, -0.15) is 0 Å². The summed E-state index contributed by atoms with van der Waals surface area (Å²) in [5.74, 6) is 0.0251. The van der Waals surface area contributed by atoms with E-state index in [1.165, 1.54) is 18.5 Å². The molecular weight excluding hydrogens is 408 g/mol. The molecular formula is C24H36N4O4. The highest BCUT2D eigenvalue weighted by Gasteiger charge is 2.26. The molecule has 8 nitrogen and oxygen atoms in total. The smallest absolute Gasteiger partial charge is 0.409 e. The van der Waals surface area contributed by atoms with E-state index in [1.807, 2.05) is 17.0 Å². The van der Waals surface area contributed by atoms with Gasteiger partial charge in [-0.3, -0.25) is 4.79 Å².